The van der Waals surface area contributed by atoms with Gasteiger partial charge in [-0.1, -0.05) is 25.7 Å². The molecule has 0 aromatic carbocycles. The number of amides is 2. The summed E-state index contributed by atoms with van der Waals surface area (Å²) in [5.74, 6) is -0.426. The summed E-state index contributed by atoms with van der Waals surface area (Å²) in [6, 6.07) is 1.95. The third kappa shape index (κ3) is 5.77. The number of rotatable bonds is 3. The van der Waals surface area contributed by atoms with Crippen LogP contribution in [-0.2, 0) is 16.0 Å². The molecule has 1 atom stereocenters. The summed E-state index contributed by atoms with van der Waals surface area (Å²) in [7, 11) is 0. The number of hydrogen-bond acceptors (Lipinski definition) is 6. The Balaban J connectivity index is 2.10. The maximum absolute atomic E-state index is 12.3. The van der Waals surface area contributed by atoms with E-state index >= 15 is 0 Å². The molecule has 0 unspecified atom stereocenters. The molecule has 2 heterocycles. The van der Waals surface area contributed by atoms with E-state index in [2.05, 4.69) is 20.8 Å². The lowest BCUT2D eigenvalue weighted by Gasteiger charge is -2.20. The van der Waals surface area contributed by atoms with Crippen molar-refractivity contribution in [2.75, 3.05) is 12.0 Å². The van der Waals surface area contributed by atoms with Crippen molar-refractivity contribution >= 4 is 18.3 Å². The topological polar surface area (TPSA) is 107 Å². The first-order valence-electron chi connectivity index (χ1n) is 8.39. The van der Waals surface area contributed by atoms with Crippen LogP contribution in [0.4, 0.5) is 5.95 Å². The largest absolute Gasteiger partial charge is 0.286 e. The molecule has 1 aromatic rings. The normalized spacial score (nSPS) is 19.6. The molecule has 0 spiro atoms. The average molecular weight is 335 g/mol. The van der Waals surface area contributed by atoms with E-state index in [1.54, 1.807) is 0 Å². The predicted molar refractivity (Wildman–Crippen MR) is 88.0 cm³/mol. The minimum absolute atomic E-state index is 0.0308. The van der Waals surface area contributed by atoms with Crippen LogP contribution in [0.3, 0.4) is 0 Å². The molecule has 2 rings (SSSR count). The van der Waals surface area contributed by atoms with Crippen LogP contribution in [-0.4, -0.2) is 39.1 Å². The van der Waals surface area contributed by atoms with E-state index in [9.17, 15) is 14.8 Å². The van der Waals surface area contributed by atoms with Gasteiger partial charge in [0.25, 0.3) is 0 Å². The van der Waals surface area contributed by atoms with Crippen molar-refractivity contribution in [2.24, 2.45) is 5.92 Å². The third-order valence-corrected chi connectivity index (χ3v) is 4.09. The first kappa shape index (κ1) is 18.1. The second kappa shape index (κ2) is 9.17. The number of hydroxylamine groups is 2. The number of carbonyl (C=O) groups excluding carboxylic acids is 2. The van der Waals surface area contributed by atoms with Crippen LogP contribution in [0.1, 0.15) is 49.9 Å². The standard InChI is InChI=1S/C16H25N5O3/c1-12-9-14-8-6-4-2-3-5-7-13(10-21(24)11-22)15(23)19-20-16(17-12)18-14/h9,11,13,24H,2-8,10H2,1H3,(H,19,23)(H,17,18,20)/t13-/m1/s1. The molecule has 3 N–H and O–H groups in total. The highest BCUT2D eigenvalue weighted by atomic mass is 16.5. The van der Waals surface area contributed by atoms with E-state index in [-0.39, 0.29) is 12.5 Å². The zero-order chi connectivity index (χ0) is 17.4. The van der Waals surface area contributed by atoms with E-state index in [0.29, 0.717) is 23.8 Å². The molecular weight excluding hydrogens is 310 g/mol. The summed E-state index contributed by atoms with van der Waals surface area (Å²) >= 11 is 0. The number of hydrazine groups is 1. The van der Waals surface area contributed by atoms with Crippen molar-refractivity contribution in [3.8, 4) is 0 Å². The van der Waals surface area contributed by atoms with Gasteiger partial charge in [0, 0.05) is 11.4 Å². The molecule has 8 heteroatoms. The van der Waals surface area contributed by atoms with Crippen molar-refractivity contribution in [2.45, 2.75) is 51.9 Å². The molecule has 2 bridgehead atoms. The van der Waals surface area contributed by atoms with E-state index in [1.165, 1.54) is 0 Å². The highest BCUT2D eigenvalue weighted by Crippen LogP contribution is 2.15. The average Bonchev–Trinajstić information content (AvgIpc) is 2.56. The van der Waals surface area contributed by atoms with Crippen molar-refractivity contribution in [3.63, 3.8) is 0 Å². The Kier molecular flexibility index (Phi) is 6.92. The molecule has 0 aliphatic carbocycles. The monoisotopic (exact) mass is 335 g/mol. The SMILES string of the molecule is Cc1cc2nc(n1)NNC(=O)[C@@H](CN(O)C=O)CCCCCCC2. The van der Waals surface area contributed by atoms with Gasteiger partial charge in [0.05, 0.1) is 12.5 Å². The smallest absolute Gasteiger partial charge is 0.243 e. The van der Waals surface area contributed by atoms with Crippen LogP contribution in [0.25, 0.3) is 0 Å². The van der Waals surface area contributed by atoms with Crippen LogP contribution >= 0.6 is 0 Å². The molecule has 1 aliphatic rings. The fourth-order valence-corrected chi connectivity index (χ4v) is 2.84. The van der Waals surface area contributed by atoms with Crippen LogP contribution in [0, 0.1) is 12.8 Å². The highest BCUT2D eigenvalue weighted by molar-refractivity contribution is 5.80. The van der Waals surface area contributed by atoms with E-state index in [4.69, 9.17) is 0 Å². The minimum atomic E-state index is -0.486. The summed E-state index contributed by atoms with van der Waals surface area (Å²) < 4.78 is 0. The Labute approximate surface area is 141 Å². The molecule has 0 saturated heterocycles. The van der Waals surface area contributed by atoms with Gasteiger partial charge < -0.3 is 0 Å². The summed E-state index contributed by atoms with van der Waals surface area (Å²) in [5.41, 5.74) is 7.11. The maximum atomic E-state index is 12.3. The molecular formula is C16H25N5O3. The second-order valence-corrected chi connectivity index (χ2v) is 6.17. The number of hydrogen-bond donors (Lipinski definition) is 3. The second-order valence-electron chi connectivity index (χ2n) is 6.17. The number of fused-ring (bicyclic) bond motifs is 2. The Morgan fingerprint density at radius 2 is 2.00 bits per heavy atom. The molecule has 0 radical (unpaired) electrons. The molecule has 24 heavy (non-hydrogen) atoms. The summed E-state index contributed by atoms with van der Waals surface area (Å²) in [5, 5.41) is 9.90. The van der Waals surface area contributed by atoms with Gasteiger partial charge in [-0.05, 0) is 32.3 Å². The Hall–Kier alpha value is -2.22. The molecule has 132 valence electrons. The van der Waals surface area contributed by atoms with Gasteiger partial charge in [0.2, 0.25) is 18.3 Å². The molecule has 0 fully saturated rings. The fourth-order valence-electron chi connectivity index (χ4n) is 2.84. The number of nitrogens with one attached hydrogen (secondary N) is 2. The van der Waals surface area contributed by atoms with Crippen molar-refractivity contribution in [3.05, 3.63) is 17.5 Å². The Morgan fingerprint density at radius 3 is 2.79 bits per heavy atom. The molecule has 0 saturated carbocycles. The van der Waals surface area contributed by atoms with Crippen molar-refractivity contribution in [1.29, 1.82) is 0 Å². The summed E-state index contributed by atoms with van der Waals surface area (Å²) in [4.78, 5) is 31.6. The zero-order valence-corrected chi connectivity index (χ0v) is 14.0. The van der Waals surface area contributed by atoms with Gasteiger partial charge >= 0.3 is 0 Å². The van der Waals surface area contributed by atoms with Gasteiger partial charge in [-0.15, -0.1) is 0 Å². The molecule has 1 aliphatic heterocycles. The zero-order valence-electron chi connectivity index (χ0n) is 14.0. The summed E-state index contributed by atoms with van der Waals surface area (Å²) in [6.45, 7) is 1.86. The summed E-state index contributed by atoms with van der Waals surface area (Å²) in [6.07, 6.45) is 7.00. The van der Waals surface area contributed by atoms with E-state index in [1.807, 2.05) is 13.0 Å². The lowest BCUT2D eigenvalue weighted by molar-refractivity contribution is -0.154. The van der Waals surface area contributed by atoms with Gasteiger partial charge in [-0.2, -0.15) is 0 Å². The third-order valence-electron chi connectivity index (χ3n) is 4.09. The molecule has 1 aromatic heterocycles. The number of anilines is 1. The van der Waals surface area contributed by atoms with Crippen LogP contribution in [0.2, 0.25) is 0 Å². The number of carbonyl (C=O) groups is 2. The van der Waals surface area contributed by atoms with Crippen LogP contribution in [0.5, 0.6) is 0 Å². The lowest BCUT2D eigenvalue weighted by Crippen LogP contribution is -2.40. The van der Waals surface area contributed by atoms with Gasteiger partial charge in [-0.3, -0.25) is 25.6 Å². The Bertz CT molecular complexity index is 567. The van der Waals surface area contributed by atoms with Gasteiger partial charge in [-0.25, -0.2) is 15.0 Å². The van der Waals surface area contributed by atoms with Gasteiger partial charge in [0.1, 0.15) is 0 Å². The first-order valence-corrected chi connectivity index (χ1v) is 8.39. The minimum Gasteiger partial charge on any atom is -0.286 e. The molecule has 2 amide bonds. The first-order chi connectivity index (χ1) is 11.6. The van der Waals surface area contributed by atoms with E-state index in [0.717, 1.165) is 49.9 Å². The Morgan fingerprint density at radius 1 is 1.25 bits per heavy atom. The quantitative estimate of drug-likeness (QED) is 0.440. The number of aromatic nitrogens is 2. The lowest BCUT2D eigenvalue weighted by atomic mass is 9.99. The molecule has 8 nitrogen and oxygen atoms in total. The van der Waals surface area contributed by atoms with Crippen molar-refractivity contribution in [1.82, 2.24) is 20.5 Å². The van der Waals surface area contributed by atoms with Crippen LogP contribution in [0.15, 0.2) is 6.07 Å². The number of aryl methyl sites for hydroxylation is 2. The van der Waals surface area contributed by atoms with Crippen molar-refractivity contribution < 1.29 is 14.8 Å². The van der Waals surface area contributed by atoms with E-state index < -0.39 is 5.92 Å². The predicted octanol–water partition coefficient (Wildman–Crippen LogP) is 1.59. The maximum Gasteiger partial charge on any atom is 0.243 e. The number of nitrogens with zero attached hydrogens (tertiary/aromatic N) is 3. The van der Waals surface area contributed by atoms with Gasteiger partial charge in [0.15, 0.2) is 0 Å². The highest BCUT2D eigenvalue weighted by Gasteiger charge is 2.21. The fraction of sp³-hybridized carbons (Fsp3) is 0.625. The van der Waals surface area contributed by atoms with Crippen LogP contribution < -0.4 is 10.9 Å².